The molecular weight excluding hydrogens is 258 g/mol. The van der Waals surface area contributed by atoms with E-state index in [4.69, 9.17) is 11.6 Å². The molecule has 102 valence electrons. The summed E-state index contributed by atoms with van der Waals surface area (Å²) in [5.74, 6) is 0. The average Bonchev–Trinajstić information content (AvgIpc) is 2.86. The van der Waals surface area contributed by atoms with Gasteiger partial charge in [0, 0.05) is 17.8 Å². The van der Waals surface area contributed by atoms with Crippen molar-refractivity contribution in [3.8, 4) is 0 Å². The number of aryl methyl sites for hydroxylation is 1. The third-order valence-electron chi connectivity index (χ3n) is 3.11. The van der Waals surface area contributed by atoms with Gasteiger partial charge >= 0.3 is 0 Å². The number of hydrogen-bond donors (Lipinski definition) is 1. The standard InChI is InChI=1S/C15H20ClN3/c1-3-11-19-14(9-10-18-19)15(17-4-2)12-7-5-6-8-13(12)16/h5-10,15,17H,3-4,11H2,1-2H3. The molecule has 1 heterocycles. The molecule has 2 rings (SSSR count). The molecule has 0 radical (unpaired) electrons. The topological polar surface area (TPSA) is 29.9 Å². The van der Waals surface area contributed by atoms with Crippen LogP contribution in [0.25, 0.3) is 0 Å². The number of rotatable bonds is 6. The molecule has 3 nitrogen and oxygen atoms in total. The molecule has 19 heavy (non-hydrogen) atoms. The molecule has 0 spiro atoms. The highest BCUT2D eigenvalue weighted by Gasteiger charge is 2.19. The van der Waals surface area contributed by atoms with Crippen LogP contribution in [-0.2, 0) is 6.54 Å². The number of nitrogens with one attached hydrogen (secondary N) is 1. The Bertz CT molecular complexity index is 522. The molecule has 1 unspecified atom stereocenters. The molecule has 0 saturated heterocycles. The van der Waals surface area contributed by atoms with Gasteiger partial charge in [0.25, 0.3) is 0 Å². The highest BCUT2D eigenvalue weighted by molar-refractivity contribution is 6.31. The predicted octanol–water partition coefficient (Wildman–Crippen LogP) is 3.65. The van der Waals surface area contributed by atoms with Crippen LogP contribution in [-0.4, -0.2) is 16.3 Å². The normalized spacial score (nSPS) is 12.6. The number of hydrogen-bond acceptors (Lipinski definition) is 2. The molecule has 0 aliphatic carbocycles. The summed E-state index contributed by atoms with van der Waals surface area (Å²) in [6.07, 6.45) is 2.92. The number of halogens is 1. The zero-order valence-electron chi connectivity index (χ0n) is 11.4. The van der Waals surface area contributed by atoms with Crippen LogP contribution in [0.1, 0.15) is 37.6 Å². The molecule has 0 bridgehead atoms. The summed E-state index contributed by atoms with van der Waals surface area (Å²) in [4.78, 5) is 0. The minimum atomic E-state index is 0.0905. The van der Waals surface area contributed by atoms with Gasteiger partial charge in [0.1, 0.15) is 0 Å². The van der Waals surface area contributed by atoms with Crippen LogP contribution in [0.15, 0.2) is 36.5 Å². The lowest BCUT2D eigenvalue weighted by molar-refractivity contribution is 0.520. The Morgan fingerprint density at radius 3 is 2.74 bits per heavy atom. The Morgan fingerprint density at radius 1 is 1.26 bits per heavy atom. The van der Waals surface area contributed by atoms with E-state index in [1.54, 1.807) is 0 Å². The highest BCUT2D eigenvalue weighted by atomic mass is 35.5. The Balaban J connectivity index is 2.40. The van der Waals surface area contributed by atoms with Gasteiger partial charge in [0.2, 0.25) is 0 Å². The van der Waals surface area contributed by atoms with Gasteiger partial charge in [0.05, 0.1) is 11.7 Å². The Labute approximate surface area is 119 Å². The monoisotopic (exact) mass is 277 g/mol. The molecule has 0 fully saturated rings. The van der Waals surface area contributed by atoms with E-state index in [1.807, 2.05) is 24.4 Å². The van der Waals surface area contributed by atoms with Crippen molar-refractivity contribution in [2.75, 3.05) is 6.54 Å². The van der Waals surface area contributed by atoms with Gasteiger partial charge in [-0.05, 0) is 30.7 Å². The van der Waals surface area contributed by atoms with Gasteiger partial charge in [-0.1, -0.05) is 43.6 Å². The number of benzene rings is 1. The van der Waals surface area contributed by atoms with Crippen molar-refractivity contribution in [2.24, 2.45) is 0 Å². The molecule has 2 aromatic rings. The largest absolute Gasteiger partial charge is 0.305 e. The number of nitrogens with zero attached hydrogens (tertiary/aromatic N) is 2. The third kappa shape index (κ3) is 3.17. The maximum Gasteiger partial charge on any atom is 0.0762 e. The Morgan fingerprint density at radius 2 is 2.05 bits per heavy atom. The van der Waals surface area contributed by atoms with E-state index in [9.17, 15) is 0 Å². The van der Waals surface area contributed by atoms with Gasteiger partial charge in [-0.25, -0.2) is 0 Å². The van der Waals surface area contributed by atoms with E-state index in [2.05, 4.69) is 41.1 Å². The first-order valence-corrected chi connectivity index (χ1v) is 7.15. The zero-order valence-corrected chi connectivity index (χ0v) is 12.2. The Hall–Kier alpha value is -1.32. The lowest BCUT2D eigenvalue weighted by atomic mass is 10.0. The van der Waals surface area contributed by atoms with Gasteiger partial charge in [0.15, 0.2) is 0 Å². The summed E-state index contributed by atoms with van der Waals surface area (Å²) < 4.78 is 2.05. The second-order valence-corrected chi connectivity index (χ2v) is 4.90. The van der Waals surface area contributed by atoms with Crippen molar-refractivity contribution >= 4 is 11.6 Å². The van der Waals surface area contributed by atoms with E-state index in [0.717, 1.165) is 35.8 Å². The second-order valence-electron chi connectivity index (χ2n) is 4.49. The van der Waals surface area contributed by atoms with E-state index in [0.29, 0.717) is 0 Å². The molecule has 4 heteroatoms. The summed E-state index contributed by atoms with van der Waals surface area (Å²) in [6.45, 7) is 6.06. The van der Waals surface area contributed by atoms with Crippen molar-refractivity contribution in [1.82, 2.24) is 15.1 Å². The molecular formula is C15H20ClN3. The first-order valence-electron chi connectivity index (χ1n) is 6.77. The first-order chi connectivity index (χ1) is 9.27. The highest BCUT2D eigenvalue weighted by Crippen LogP contribution is 2.28. The van der Waals surface area contributed by atoms with E-state index in [1.165, 1.54) is 0 Å². The average molecular weight is 278 g/mol. The lowest BCUT2D eigenvalue weighted by Gasteiger charge is -2.21. The molecule has 0 aliphatic heterocycles. The van der Waals surface area contributed by atoms with Crippen molar-refractivity contribution < 1.29 is 0 Å². The summed E-state index contributed by atoms with van der Waals surface area (Å²) in [5, 5.41) is 8.68. The SMILES string of the molecule is CCCn1nccc1C(NCC)c1ccccc1Cl. The van der Waals surface area contributed by atoms with Crippen LogP contribution >= 0.6 is 11.6 Å². The van der Waals surface area contributed by atoms with Gasteiger partial charge in [-0.3, -0.25) is 4.68 Å². The van der Waals surface area contributed by atoms with Gasteiger partial charge < -0.3 is 5.32 Å². The lowest BCUT2D eigenvalue weighted by Crippen LogP contribution is -2.25. The van der Waals surface area contributed by atoms with Gasteiger partial charge in [-0.15, -0.1) is 0 Å². The van der Waals surface area contributed by atoms with E-state index >= 15 is 0 Å². The molecule has 1 atom stereocenters. The maximum atomic E-state index is 6.33. The molecule has 1 aromatic heterocycles. The maximum absolute atomic E-state index is 6.33. The van der Waals surface area contributed by atoms with Crippen molar-refractivity contribution in [2.45, 2.75) is 32.9 Å². The van der Waals surface area contributed by atoms with Crippen LogP contribution in [0.3, 0.4) is 0 Å². The minimum absolute atomic E-state index is 0.0905. The molecule has 0 amide bonds. The van der Waals surface area contributed by atoms with Crippen LogP contribution < -0.4 is 5.32 Å². The fourth-order valence-electron chi connectivity index (χ4n) is 2.27. The molecule has 0 aliphatic rings. The van der Waals surface area contributed by atoms with Gasteiger partial charge in [-0.2, -0.15) is 5.10 Å². The summed E-state index contributed by atoms with van der Waals surface area (Å²) >= 11 is 6.33. The van der Waals surface area contributed by atoms with Crippen LogP contribution in [0.4, 0.5) is 0 Å². The first kappa shape index (κ1) is 14.1. The molecule has 1 aromatic carbocycles. The molecule has 1 N–H and O–H groups in total. The summed E-state index contributed by atoms with van der Waals surface area (Å²) in [5.41, 5.74) is 2.26. The summed E-state index contributed by atoms with van der Waals surface area (Å²) in [7, 11) is 0. The predicted molar refractivity (Wildman–Crippen MR) is 79.5 cm³/mol. The minimum Gasteiger partial charge on any atom is -0.305 e. The number of aromatic nitrogens is 2. The van der Waals surface area contributed by atoms with E-state index < -0.39 is 0 Å². The fourth-order valence-corrected chi connectivity index (χ4v) is 2.52. The zero-order chi connectivity index (χ0) is 13.7. The van der Waals surface area contributed by atoms with Crippen molar-refractivity contribution in [3.63, 3.8) is 0 Å². The fraction of sp³-hybridized carbons (Fsp3) is 0.400. The van der Waals surface area contributed by atoms with Crippen LogP contribution in [0.2, 0.25) is 5.02 Å². The Kier molecular flexibility index (Phi) is 5.00. The van der Waals surface area contributed by atoms with E-state index in [-0.39, 0.29) is 6.04 Å². The van der Waals surface area contributed by atoms with Crippen LogP contribution in [0, 0.1) is 0 Å². The van der Waals surface area contributed by atoms with Crippen LogP contribution in [0.5, 0.6) is 0 Å². The molecule has 0 saturated carbocycles. The van der Waals surface area contributed by atoms with Crippen molar-refractivity contribution in [1.29, 1.82) is 0 Å². The smallest absolute Gasteiger partial charge is 0.0762 e. The summed E-state index contributed by atoms with van der Waals surface area (Å²) in [6, 6.07) is 10.1. The third-order valence-corrected chi connectivity index (χ3v) is 3.45. The van der Waals surface area contributed by atoms with Crippen molar-refractivity contribution in [3.05, 3.63) is 52.8 Å². The second kappa shape index (κ2) is 6.73. The quantitative estimate of drug-likeness (QED) is 0.874.